The van der Waals surface area contributed by atoms with Crippen molar-refractivity contribution in [1.82, 2.24) is 14.9 Å². The highest BCUT2D eigenvalue weighted by atomic mass is 16.1. The summed E-state index contributed by atoms with van der Waals surface area (Å²) in [5.41, 5.74) is 4.92. The van der Waals surface area contributed by atoms with Gasteiger partial charge in [0.1, 0.15) is 5.82 Å². The fraction of sp³-hybridized carbons (Fsp3) is 0.407. The normalized spacial score (nSPS) is 14.1. The first-order valence-corrected chi connectivity index (χ1v) is 11.4. The van der Waals surface area contributed by atoms with Crippen LogP contribution in [0.4, 0.5) is 0 Å². The van der Waals surface area contributed by atoms with Crippen LogP contribution in [0.5, 0.6) is 0 Å². The molecule has 162 valence electrons. The quantitative estimate of drug-likeness (QED) is 0.503. The second-order valence-electron chi connectivity index (χ2n) is 9.58. The maximum absolute atomic E-state index is 13.3. The number of amides is 1. The fourth-order valence-electron chi connectivity index (χ4n) is 4.21. The van der Waals surface area contributed by atoms with Gasteiger partial charge in [0.2, 0.25) is 0 Å². The number of benzene rings is 2. The monoisotopic (exact) mass is 415 g/mol. The standard InChI is InChI=1S/C27H33N3O/c1-6-19-7-9-20(10-8-19)21-15-22(26(31)29-27(4,5)23-11-12-23)17-24(16-21)30-14-13-28-25(30)18(2)3/h7-10,13-18,23H,6,11-12H2,1-5H3,(H,29,31). The van der Waals surface area contributed by atoms with Crippen LogP contribution >= 0.6 is 0 Å². The predicted octanol–water partition coefficient (Wildman–Crippen LogP) is 6.14. The molecule has 0 spiro atoms. The summed E-state index contributed by atoms with van der Waals surface area (Å²) in [6.07, 6.45) is 7.19. The van der Waals surface area contributed by atoms with Crippen LogP contribution in [-0.2, 0) is 6.42 Å². The number of nitrogens with one attached hydrogen (secondary N) is 1. The number of rotatable bonds is 7. The molecule has 1 aliphatic rings. The zero-order chi connectivity index (χ0) is 22.2. The van der Waals surface area contributed by atoms with Gasteiger partial charge in [-0.3, -0.25) is 4.79 Å². The molecule has 31 heavy (non-hydrogen) atoms. The molecule has 0 atom stereocenters. The average molecular weight is 416 g/mol. The van der Waals surface area contributed by atoms with Gasteiger partial charge in [0.25, 0.3) is 5.91 Å². The lowest BCUT2D eigenvalue weighted by Gasteiger charge is -2.26. The second kappa shape index (κ2) is 8.33. The third kappa shape index (κ3) is 4.58. The van der Waals surface area contributed by atoms with Gasteiger partial charge in [-0.1, -0.05) is 45.0 Å². The molecule has 3 aromatic rings. The highest BCUT2D eigenvalue weighted by Crippen LogP contribution is 2.39. The Bertz CT molecular complexity index is 1070. The van der Waals surface area contributed by atoms with E-state index in [1.165, 1.54) is 18.4 Å². The topological polar surface area (TPSA) is 46.9 Å². The van der Waals surface area contributed by atoms with E-state index in [4.69, 9.17) is 0 Å². The van der Waals surface area contributed by atoms with Crippen molar-refractivity contribution in [1.29, 1.82) is 0 Å². The SMILES string of the molecule is CCc1ccc(-c2cc(C(=O)NC(C)(C)C3CC3)cc(-n3ccnc3C(C)C)c2)cc1. The zero-order valence-electron chi connectivity index (χ0n) is 19.3. The van der Waals surface area contributed by atoms with Gasteiger partial charge in [-0.25, -0.2) is 4.98 Å². The van der Waals surface area contributed by atoms with Crippen LogP contribution in [0.15, 0.2) is 54.9 Å². The summed E-state index contributed by atoms with van der Waals surface area (Å²) in [6, 6.07) is 14.8. The van der Waals surface area contributed by atoms with Crippen LogP contribution in [0.1, 0.15) is 75.1 Å². The van der Waals surface area contributed by atoms with Gasteiger partial charge in [-0.05, 0) is 73.9 Å². The molecule has 1 amide bonds. The Morgan fingerprint density at radius 1 is 1.13 bits per heavy atom. The van der Waals surface area contributed by atoms with E-state index in [1.807, 2.05) is 24.5 Å². The Hall–Kier alpha value is -2.88. The summed E-state index contributed by atoms with van der Waals surface area (Å²) in [7, 11) is 0. The van der Waals surface area contributed by atoms with E-state index in [1.54, 1.807) is 0 Å². The lowest BCUT2D eigenvalue weighted by Crippen LogP contribution is -2.45. The minimum absolute atomic E-state index is 0.0172. The highest BCUT2D eigenvalue weighted by molar-refractivity contribution is 5.96. The van der Waals surface area contributed by atoms with E-state index in [0.29, 0.717) is 11.5 Å². The average Bonchev–Trinajstić information content (AvgIpc) is 3.51. The van der Waals surface area contributed by atoms with E-state index in [-0.39, 0.29) is 17.4 Å². The van der Waals surface area contributed by atoms with Crippen LogP contribution in [0.2, 0.25) is 0 Å². The third-order valence-corrected chi connectivity index (χ3v) is 6.37. The van der Waals surface area contributed by atoms with E-state index >= 15 is 0 Å². The number of aromatic nitrogens is 2. The smallest absolute Gasteiger partial charge is 0.251 e. The molecule has 2 aromatic carbocycles. The van der Waals surface area contributed by atoms with Crippen LogP contribution in [0.3, 0.4) is 0 Å². The number of hydrogen-bond acceptors (Lipinski definition) is 2. The Morgan fingerprint density at radius 3 is 2.45 bits per heavy atom. The molecule has 0 unspecified atom stereocenters. The lowest BCUT2D eigenvalue weighted by atomic mass is 9.96. The van der Waals surface area contributed by atoms with Crippen molar-refractivity contribution in [2.45, 2.75) is 65.3 Å². The molecule has 1 heterocycles. The van der Waals surface area contributed by atoms with E-state index in [2.05, 4.69) is 79.8 Å². The molecule has 1 aliphatic carbocycles. The first-order valence-electron chi connectivity index (χ1n) is 11.4. The number of hydrogen-bond donors (Lipinski definition) is 1. The second-order valence-corrected chi connectivity index (χ2v) is 9.58. The van der Waals surface area contributed by atoms with E-state index in [0.717, 1.165) is 29.1 Å². The van der Waals surface area contributed by atoms with Gasteiger partial charge in [-0.2, -0.15) is 0 Å². The summed E-state index contributed by atoms with van der Waals surface area (Å²) < 4.78 is 2.09. The van der Waals surface area contributed by atoms with Gasteiger partial charge in [0, 0.05) is 35.1 Å². The van der Waals surface area contributed by atoms with Crippen LogP contribution in [-0.4, -0.2) is 21.0 Å². The van der Waals surface area contributed by atoms with Gasteiger partial charge >= 0.3 is 0 Å². The molecule has 1 N–H and O–H groups in total. The van der Waals surface area contributed by atoms with Crippen molar-refractivity contribution >= 4 is 5.91 Å². The molecule has 1 saturated carbocycles. The summed E-state index contributed by atoms with van der Waals surface area (Å²) >= 11 is 0. The summed E-state index contributed by atoms with van der Waals surface area (Å²) in [5, 5.41) is 3.28. The van der Waals surface area contributed by atoms with Crippen LogP contribution < -0.4 is 5.32 Å². The zero-order valence-corrected chi connectivity index (χ0v) is 19.3. The first-order chi connectivity index (χ1) is 14.8. The van der Waals surface area contributed by atoms with Crippen LogP contribution in [0.25, 0.3) is 16.8 Å². The number of aryl methyl sites for hydroxylation is 1. The Labute approximate surface area is 185 Å². The van der Waals surface area contributed by atoms with Crippen molar-refractivity contribution in [3.63, 3.8) is 0 Å². The number of carbonyl (C=O) groups excluding carboxylic acids is 1. The molecular formula is C27H33N3O. The van der Waals surface area contributed by atoms with Crippen molar-refractivity contribution < 1.29 is 4.79 Å². The molecular weight excluding hydrogens is 382 g/mol. The van der Waals surface area contributed by atoms with Gasteiger partial charge in [0.15, 0.2) is 0 Å². The van der Waals surface area contributed by atoms with Gasteiger partial charge < -0.3 is 9.88 Å². The Morgan fingerprint density at radius 2 is 1.84 bits per heavy atom. The van der Waals surface area contributed by atoms with Gasteiger partial charge in [-0.15, -0.1) is 0 Å². The molecule has 1 aromatic heterocycles. The number of nitrogens with zero attached hydrogens (tertiary/aromatic N) is 2. The molecule has 4 heteroatoms. The minimum atomic E-state index is -0.186. The molecule has 0 bridgehead atoms. The maximum Gasteiger partial charge on any atom is 0.251 e. The summed E-state index contributed by atoms with van der Waals surface area (Å²) in [4.78, 5) is 17.8. The van der Waals surface area contributed by atoms with Crippen LogP contribution in [0, 0.1) is 5.92 Å². The third-order valence-electron chi connectivity index (χ3n) is 6.37. The predicted molar refractivity (Wildman–Crippen MR) is 127 cm³/mol. The minimum Gasteiger partial charge on any atom is -0.347 e. The van der Waals surface area contributed by atoms with Crippen molar-refractivity contribution in [3.8, 4) is 16.8 Å². The van der Waals surface area contributed by atoms with Crippen molar-refractivity contribution in [2.24, 2.45) is 5.92 Å². The maximum atomic E-state index is 13.3. The Balaban J connectivity index is 1.78. The van der Waals surface area contributed by atoms with E-state index in [9.17, 15) is 4.79 Å². The number of carbonyl (C=O) groups is 1. The largest absolute Gasteiger partial charge is 0.347 e. The molecule has 4 nitrogen and oxygen atoms in total. The lowest BCUT2D eigenvalue weighted by molar-refractivity contribution is 0.0903. The summed E-state index contributed by atoms with van der Waals surface area (Å²) in [5.74, 6) is 1.83. The van der Waals surface area contributed by atoms with E-state index < -0.39 is 0 Å². The summed E-state index contributed by atoms with van der Waals surface area (Å²) in [6.45, 7) is 10.7. The molecule has 0 radical (unpaired) electrons. The molecule has 1 fully saturated rings. The molecule has 0 saturated heterocycles. The highest BCUT2D eigenvalue weighted by Gasteiger charge is 2.38. The van der Waals surface area contributed by atoms with Crippen molar-refractivity contribution in [3.05, 3.63) is 71.8 Å². The fourth-order valence-corrected chi connectivity index (χ4v) is 4.21. The molecule has 0 aliphatic heterocycles. The number of imidazole rings is 1. The first kappa shape index (κ1) is 21.4. The molecule has 4 rings (SSSR count). The van der Waals surface area contributed by atoms with Gasteiger partial charge in [0.05, 0.1) is 0 Å². The van der Waals surface area contributed by atoms with Crippen molar-refractivity contribution in [2.75, 3.05) is 0 Å². The Kier molecular flexibility index (Phi) is 5.74.